The SMILES string of the molecule is c1ccc2c(c1)oc1cccc(N(c3ccc(C4CC5CCC4C5)cc3)c3ccc(C4CC5CCC4C5)cc3)c12. The fourth-order valence-corrected chi connectivity index (χ4v) is 9.42. The lowest BCUT2D eigenvalue weighted by molar-refractivity contribution is 0.420. The lowest BCUT2D eigenvalue weighted by atomic mass is 9.83. The van der Waals surface area contributed by atoms with Gasteiger partial charge in [0.2, 0.25) is 0 Å². The molecule has 4 aliphatic carbocycles. The number of anilines is 3. The van der Waals surface area contributed by atoms with Crippen molar-refractivity contribution in [2.24, 2.45) is 23.7 Å². The second-order valence-corrected chi connectivity index (χ2v) is 13.3. The van der Waals surface area contributed by atoms with Crippen LogP contribution in [-0.4, -0.2) is 0 Å². The number of rotatable bonds is 5. The Balaban J connectivity index is 1.15. The number of benzene rings is 4. The van der Waals surface area contributed by atoms with Crippen LogP contribution in [0.5, 0.6) is 0 Å². The van der Waals surface area contributed by atoms with Crippen molar-refractivity contribution >= 4 is 39.0 Å². The molecule has 0 radical (unpaired) electrons. The molecule has 4 aromatic carbocycles. The molecule has 6 atom stereocenters. The monoisotopic (exact) mass is 523 g/mol. The van der Waals surface area contributed by atoms with E-state index in [0.717, 1.165) is 46.7 Å². The first-order valence-electron chi connectivity index (χ1n) is 15.7. The lowest BCUT2D eigenvalue weighted by Crippen LogP contribution is -2.12. The van der Waals surface area contributed by atoms with Gasteiger partial charge in [0.05, 0.1) is 11.1 Å². The Kier molecular flexibility index (Phi) is 5.22. The van der Waals surface area contributed by atoms with Gasteiger partial charge in [-0.15, -0.1) is 0 Å². The van der Waals surface area contributed by atoms with Crippen LogP contribution in [0.25, 0.3) is 21.9 Å². The molecule has 4 fully saturated rings. The standard InChI is InChI=1S/C38H37NO/c1-2-6-36-32(4-1)38-35(5-3-7-37(38)40-36)39(30-16-12-26(13-17-30)33-22-24-8-10-28(33)20-24)31-18-14-27(15-19-31)34-23-25-9-11-29(34)21-25/h1-7,12-19,24-25,28-29,33-34H,8-11,20-23H2. The molecule has 4 saturated carbocycles. The molecule has 1 heterocycles. The quantitative estimate of drug-likeness (QED) is 0.228. The summed E-state index contributed by atoms with van der Waals surface area (Å²) in [7, 11) is 0. The molecule has 40 heavy (non-hydrogen) atoms. The van der Waals surface area contributed by atoms with Crippen molar-refractivity contribution in [2.75, 3.05) is 4.90 Å². The summed E-state index contributed by atoms with van der Waals surface area (Å²) in [5, 5.41) is 2.36. The van der Waals surface area contributed by atoms with E-state index in [1.807, 2.05) is 0 Å². The molecule has 2 nitrogen and oxygen atoms in total. The molecule has 9 rings (SSSR count). The third-order valence-electron chi connectivity index (χ3n) is 11.3. The van der Waals surface area contributed by atoms with Gasteiger partial charge in [-0.2, -0.15) is 0 Å². The molecule has 5 aromatic rings. The third-order valence-corrected chi connectivity index (χ3v) is 11.3. The minimum atomic E-state index is 0.753. The van der Waals surface area contributed by atoms with Crippen LogP contribution in [0.4, 0.5) is 17.1 Å². The van der Waals surface area contributed by atoms with Gasteiger partial charge in [-0.05, 0) is 128 Å². The van der Waals surface area contributed by atoms with E-state index in [0.29, 0.717) is 0 Å². The zero-order chi connectivity index (χ0) is 26.2. The summed E-state index contributed by atoms with van der Waals surface area (Å²) in [5.41, 5.74) is 8.59. The number of furan rings is 1. The molecular formula is C38H37NO. The van der Waals surface area contributed by atoms with Gasteiger partial charge in [0.15, 0.2) is 0 Å². The molecule has 200 valence electrons. The van der Waals surface area contributed by atoms with Gasteiger partial charge in [-0.1, -0.05) is 61.4 Å². The lowest BCUT2D eigenvalue weighted by Gasteiger charge is -2.28. The third kappa shape index (κ3) is 3.61. The number of hydrogen-bond donors (Lipinski definition) is 0. The van der Waals surface area contributed by atoms with Crippen LogP contribution in [-0.2, 0) is 0 Å². The molecular weight excluding hydrogens is 486 g/mol. The fourth-order valence-electron chi connectivity index (χ4n) is 9.42. The fraction of sp³-hybridized carbons (Fsp3) is 0.368. The molecule has 6 unspecified atom stereocenters. The first-order valence-corrected chi connectivity index (χ1v) is 15.7. The van der Waals surface area contributed by atoms with E-state index in [-0.39, 0.29) is 0 Å². The Morgan fingerprint density at radius 3 is 1.65 bits per heavy atom. The maximum absolute atomic E-state index is 6.32. The highest BCUT2D eigenvalue weighted by Gasteiger charge is 2.41. The van der Waals surface area contributed by atoms with Gasteiger partial charge in [0.1, 0.15) is 11.2 Å². The first kappa shape index (κ1) is 23.2. The highest BCUT2D eigenvalue weighted by Crippen LogP contribution is 2.54. The number of nitrogens with zero attached hydrogens (tertiary/aromatic N) is 1. The van der Waals surface area contributed by atoms with E-state index in [9.17, 15) is 0 Å². The summed E-state index contributed by atoms with van der Waals surface area (Å²) in [4.78, 5) is 2.46. The highest BCUT2D eigenvalue weighted by atomic mass is 16.3. The Bertz CT molecular complexity index is 1620. The average molecular weight is 524 g/mol. The van der Waals surface area contributed by atoms with Gasteiger partial charge < -0.3 is 9.32 Å². The van der Waals surface area contributed by atoms with E-state index < -0.39 is 0 Å². The maximum Gasteiger partial charge on any atom is 0.137 e. The van der Waals surface area contributed by atoms with Crippen molar-refractivity contribution in [2.45, 2.75) is 63.2 Å². The molecule has 0 spiro atoms. The van der Waals surface area contributed by atoms with Crippen LogP contribution in [0.3, 0.4) is 0 Å². The molecule has 0 aliphatic heterocycles. The highest BCUT2D eigenvalue weighted by molar-refractivity contribution is 6.13. The normalized spacial score (nSPS) is 28.7. The first-order chi connectivity index (χ1) is 19.8. The van der Waals surface area contributed by atoms with Crippen molar-refractivity contribution in [1.82, 2.24) is 0 Å². The van der Waals surface area contributed by atoms with Gasteiger partial charge in [0, 0.05) is 16.8 Å². The minimum absolute atomic E-state index is 0.753. The number of para-hydroxylation sites is 1. The maximum atomic E-state index is 6.32. The second kappa shape index (κ2) is 8.99. The summed E-state index contributed by atoms with van der Waals surface area (Å²) in [6.07, 6.45) is 11.4. The molecule has 4 bridgehead atoms. The zero-order valence-corrected chi connectivity index (χ0v) is 23.1. The summed E-state index contributed by atoms with van der Waals surface area (Å²) in [6.45, 7) is 0. The van der Waals surface area contributed by atoms with Crippen molar-refractivity contribution in [1.29, 1.82) is 0 Å². The van der Waals surface area contributed by atoms with Crippen LogP contribution in [0.1, 0.15) is 74.3 Å². The number of hydrogen-bond acceptors (Lipinski definition) is 2. The van der Waals surface area contributed by atoms with Crippen LogP contribution < -0.4 is 4.90 Å². The molecule has 0 amide bonds. The smallest absolute Gasteiger partial charge is 0.137 e. The molecule has 0 saturated heterocycles. The van der Waals surface area contributed by atoms with Crippen LogP contribution >= 0.6 is 0 Å². The molecule has 2 heteroatoms. The van der Waals surface area contributed by atoms with E-state index in [1.54, 1.807) is 0 Å². The predicted molar refractivity (Wildman–Crippen MR) is 165 cm³/mol. The minimum Gasteiger partial charge on any atom is -0.456 e. The topological polar surface area (TPSA) is 16.4 Å². The zero-order valence-electron chi connectivity index (χ0n) is 23.1. The average Bonchev–Trinajstić information content (AvgIpc) is 3.84. The van der Waals surface area contributed by atoms with Gasteiger partial charge in [-0.25, -0.2) is 0 Å². The summed E-state index contributed by atoms with van der Waals surface area (Å²) < 4.78 is 6.32. The summed E-state index contributed by atoms with van der Waals surface area (Å²) >= 11 is 0. The van der Waals surface area contributed by atoms with Crippen LogP contribution in [0.2, 0.25) is 0 Å². The Morgan fingerprint density at radius 2 is 1.10 bits per heavy atom. The Morgan fingerprint density at radius 1 is 0.525 bits per heavy atom. The van der Waals surface area contributed by atoms with Gasteiger partial charge in [-0.3, -0.25) is 0 Å². The molecule has 0 N–H and O–H groups in total. The Hall–Kier alpha value is -3.52. The predicted octanol–water partition coefficient (Wildman–Crippen LogP) is 10.9. The van der Waals surface area contributed by atoms with Crippen LogP contribution in [0.15, 0.2) is 95.4 Å². The van der Waals surface area contributed by atoms with Crippen molar-refractivity contribution < 1.29 is 4.42 Å². The second-order valence-electron chi connectivity index (χ2n) is 13.3. The van der Waals surface area contributed by atoms with Crippen molar-refractivity contribution in [3.8, 4) is 0 Å². The van der Waals surface area contributed by atoms with Crippen LogP contribution in [0, 0.1) is 23.7 Å². The molecule has 4 aliphatic rings. The summed E-state index contributed by atoms with van der Waals surface area (Å²) in [5.74, 6) is 5.23. The van der Waals surface area contributed by atoms with E-state index >= 15 is 0 Å². The van der Waals surface area contributed by atoms with Gasteiger partial charge >= 0.3 is 0 Å². The van der Waals surface area contributed by atoms with E-state index in [2.05, 4.69) is 95.9 Å². The summed E-state index contributed by atoms with van der Waals surface area (Å²) in [6, 6.07) is 34.1. The van der Waals surface area contributed by atoms with Crippen molar-refractivity contribution in [3.63, 3.8) is 0 Å². The molecule has 1 aromatic heterocycles. The number of fused-ring (bicyclic) bond motifs is 7. The van der Waals surface area contributed by atoms with Gasteiger partial charge in [0.25, 0.3) is 0 Å². The van der Waals surface area contributed by atoms with Crippen molar-refractivity contribution in [3.05, 3.63) is 102 Å². The van der Waals surface area contributed by atoms with E-state index in [1.165, 1.54) is 90.3 Å². The largest absolute Gasteiger partial charge is 0.456 e. The Labute approximate surface area is 237 Å². The van der Waals surface area contributed by atoms with E-state index in [4.69, 9.17) is 4.42 Å².